The summed E-state index contributed by atoms with van der Waals surface area (Å²) < 4.78 is 10.1. The number of methoxy groups -OCH3 is 1. The van der Waals surface area contributed by atoms with Crippen LogP contribution in [0.15, 0.2) is 33.5 Å². The molecule has 0 amide bonds. The Bertz CT molecular complexity index is 427. The predicted molar refractivity (Wildman–Crippen MR) is 71.3 cm³/mol. The second-order valence-electron chi connectivity index (χ2n) is 3.43. The van der Waals surface area contributed by atoms with Gasteiger partial charge in [0.2, 0.25) is 0 Å². The van der Waals surface area contributed by atoms with Gasteiger partial charge in [0.1, 0.15) is 5.71 Å². The van der Waals surface area contributed by atoms with Crippen LogP contribution in [0.1, 0.15) is 6.92 Å². The molecule has 0 aromatic carbocycles. The Morgan fingerprint density at radius 3 is 2.94 bits per heavy atom. The highest BCUT2D eigenvalue weighted by Crippen LogP contribution is 2.23. The first-order valence-electron chi connectivity index (χ1n) is 5.34. The number of ether oxygens (including phenoxy) is 2. The molecule has 0 aliphatic carbocycles. The van der Waals surface area contributed by atoms with Gasteiger partial charge in [-0.25, -0.2) is 4.79 Å². The zero-order valence-corrected chi connectivity index (χ0v) is 11.1. The van der Waals surface area contributed by atoms with Crippen LogP contribution >= 0.6 is 11.6 Å². The average Bonchev–Trinajstić information content (AvgIpc) is 2.39. The molecule has 5 nitrogen and oxygen atoms in total. The van der Waals surface area contributed by atoms with Gasteiger partial charge in [-0.3, -0.25) is 0 Å². The molecule has 6 heteroatoms. The summed E-state index contributed by atoms with van der Waals surface area (Å²) in [5.74, 6) is -0.157. The van der Waals surface area contributed by atoms with Gasteiger partial charge in [0.05, 0.1) is 13.7 Å². The molecule has 1 rings (SSSR count). The normalized spacial score (nSPS) is 26.6. The topological polar surface area (TPSA) is 60.2 Å². The number of esters is 1. The number of rotatable bonds is 3. The number of nitrogens with zero attached hydrogens (tertiary/aromatic N) is 2. The maximum Gasteiger partial charge on any atom is 0.341 e. The highest BCUT2D eigenvalue weighted by atomic mass is 35.5. The first-order valence-corrected chi connectivity index (χ1v) is 5.88. The van der Waals surface area contributed by atoms with Crippen LogP contribution in [0.4, 0.5) is 0 Å². The molecule has 0 saturated carbocycles. The fourth-order valence-corrected chi connectivity index (χ4v) is 1.89. The molecule has 98 valence electrons. The largest absolute Gasteiger partial charge is 0.467 e. The average molecular weight is 271 g/mol. The molecule has 1 fully saturated rings. The molecular weight excluding hydrogens is 256 g/mol. The summed E-state index contributed by atoms with van der Waals surface area (Å²) in [6, 6.07) is 0. The first-order chi connectivity index (χ1) is 8.69. The van der Waals surface area contributed by atoms with Gasteiger partial charge in [-0.2, -0.15) is 10.2 Å². The minimum absolute atomic E-state index is 0.280. The van der Waals surface area contributed by atoms with E-state index in [9.17, 15) is 4.79 Å². The van der Waals surface area contributed by atoms with Crippen molar-refractivity contribution in [3.05, 3.63) is 23.3 Å². The minimum atomic E-state index is -0.876. The second kappa shape index (κ2) is 7.08. The van der Waals surface area contributed by atoms with Crippen LogP contribution in [0.2, 0.25) is 0 Å². The van der Waals surface area contributed by atoms with E-state index >= 15 is 0 Å². The van der Waals surface area contributed by atoms with E-state index in [0.717, 1.165) is 11.1 Å². The van der Waals surface area contributed by atoms with E-state index in [1.54, 1.807) is 0 Å². The predicted octanol–water partition coefficient (Wildman–Crippen LogP) is 1.73. The third kappa shape index (κ3) is 3.05. The van der Waals surface area contributed by atoms with Gasteiger partial charge in [-0.1, -0.05) is 12.2 Å². The standard InChI is InChI=1S/C12H15ClN2O3/c1-4-9-8(5-6-13)7-18-11(12(16)17-3)10(9)15-14-2/h4-5,11H,2,6-7H2,1,3H3/b8-5-,9-4+,15-10-. The molecule has 0 N–H and O–H groups in total. The Morgan fingerprint density at radius 1 is 1.72 bits per heavy atom. The lowest BCUT2D eigenvalue weighted by Crippen LogP contribution is -2.40. The van der Waals surface area contributed by atoms with Crippen molar-refractivity contribution in [2.45, 2.75) is 13.0 Å². The van der Waals surface area contributed by atoms with Crippen LogP contribution in [0.3, 0.4) is 0 Å². The molecule has 0 bridgehead atoms. The fourth-order valence-electron chi connectivity index (χ4n) is 1.70. The van der Waals surface area contributed by atoms with E-state index in [1.165, 1.54) is 7.11 Å². The van der Waals surface area contributed by atoms with Gasteiger partial charge < -0.3 is 9.47 Å². The van der Waals surface area contributed by atoms with Crippen molar-refractivity contribution >= 4 is 30.0 Å². The number of carbonyl (C=O) groups is 1. The molecule has 0 aromatic heterocycles. The summed E-state index contributed by atoms with van der Waals surface area (Å²) in [5.41, 5.74) is 2.04. The van der Waals surface area contributed by atoms with Gasteiger partial charge in [0.25, 0.3) is 0 Å². The Labute approximate surface area is 111 Å². The number of allylic oxidation sites excluding steroid dienone is 2. The molecular formula is C12H15ClN2O3. The van der Waals surface area contributed by atoms with Crippen LogP contribution < -0.4 is 0 Å². The summed E-state index contributed by atoms with van der Waals surface area (Å²) >= 11 is 5.68. The fraction of sp³-hybridized carbons (Fsp3) is 0.417. The molecule has 1 aliphatic rings. The van der Waals surface area contributed by atoms with Crippen molar-refractivity contribution in [1.29, 1.82) is 0 Å². The van der Waals surface area contributed by atoms with Crippen LogP contribution in [-0.4, -0.2) is 44.1 Å². The highest BCUT2D eigenvalue weighted by molar-refractivity contribution is 6.20. The van der Waals surface area contributed by atoms with Crippen molar-refractivity contribution < 1.29 is 14.3 Å². The molecule has 1 aliphatic heterocycles. The van der Waals surface area contributed by atoms with E-state index in [0.29, 0.717) is 11.6 Å². The van der Waals surface area contributed by atoms with E-state index in [-0.39, 0.29) is 6.61 Å². The molecule has 18 heavy (non-hydrogen) atoms. The number of halogens is 1. The lowest BCUT2D eigenvalue weighted by atomic mass is 9.94. The first kappa shape index (κ1) is 14.6. The van der Waals surface area contributed by atoms with Crippen LogP contribution in [0, 0.1) is 0 Å². The summed E-state index contributed by atoms with van der Waals surface area (Å²) in [4.78, 5) is 11.6. The quantitative estimate of drug-likeness (QED) is 0.340. The van der Waals surface area contributed by atoms with Crippen molar-refractivity contribution in [2.24, 2.45) is 10.2 Å². The lowest BCUT2D eigenvalue weighted by molar-refractivity contribution is -0.149. The highest BCUT2D eigenvalue weighted by Gasteiger charge is 2.34. The SMILES string of the molecule is C=N/N=C1C(=C/C)/C(=C\CCl)COC/1C(=O)OC. The molecule has 0 aromatic rings. The third-order valence-electron chi connectivity index (χ3n) is 2.48. The number of carbonyl (C=O) groups excluding carboxylic acids is 1. The molecule has 0 spiro atoms. The van der Waals surface area contributed by atoms with Crippen LogP contribution in [0.25, 0.3) is 0 Å². The van der Waals surface area contributed by atoms with Crippen LogP contribution in [0.5, 0.6) is 0 Å². The second-order valence-corrected chi connectivity index (χ2v) is 3.74. The van der Waals surface area contributed by atoms with Crippen LogP contribution in [-0.2, 0) is 14.3 Å². The zero-order valence-electron chi connectivity index (χ0n) is 10.4. The number of alkyl halides is 1. The van der Waals surface area contributed by atoms with Crippen molar-refractivity contribution in [3.8, 4) is 0 Å². The zero-order chi connectivity index (χ0) is 13.5. The van der Waals surface area contributed by atoms with E-state index in [1.807, 2.05) is 19.1 Å². The van der Waals surface area contributed by atoms with Gasteiger partial charge >= 0.3 is 5.97 Å². The minimum Gasteiger partial charge on any atom is -0.467 e. The lowest BCUT2D eigenvalue weighted by Gasteiger charge is -2.26. The van der Waals surface area contributed by atoms with E-state index in [4.69, 9.17) is 16.3 Å². The van der Waals surface area contributed by atoms with Gasteiger partial charge in [-0.05, 0) is 12.5 Å². The molecule has 1 heterocycles. The van der Waals surface area contributed by atoms with Crippen molar-refractivity contribution in [1.82, 2.24) is 0 Å². The smallest absolute Gasteiger partial charge is 0.341 e. The summed E-state index contributed by atoms with van der Waals surface area (Å²) in [6.07, 6.45) is 2.77. The third-order valence-corrected chi connectivity index (χ3v) is 2.64. The summed E-state index contributed by atoms with van der Waals surface area (Å²) in [6.45, 7) is 5.42. The maximum atomic E-state index is 11.6. The molecule has 1 saturated heterocycles. The van der Waals surface area contributed by atoms with Gasteiger partial charge in [0.15, 0.2) is 6.10 Å². The van der Waals surface area contributed by atoms with Crippen molar-refractivity contribution in [2.75, 3.05) is 19.6 Å². The molecule has 1 unspecified atom stereocenters. The Morgan fingerprint density at radius 2 is 2.44 bits per heavy atom. The van der Waals surface area contributed by atoms with Gasteiger partial charge in [-0.15, -0.1) is 11.6 Å². The maximum absolute atomic E-state index is 11.6. The van der Waals surface area contributed by atoms with E-state index < -0.39 is 12.1 Å². The number of hydrogen-bond donors (Lipinski definition) is 0. The molecule has 0 radical (unpaired) electrons. The van der Waals surface area contributed by atoms with E-state index in [2.05, 4.69) is 21.7 Å². The Hall–Kier alpha value is -1.46. The summed E-state index contributed by atoms with van der Waals surface area (Å²) in [7, 11) is 1.30. The molecule has 1 atom stereocenters. The monoisotopic (exact) mass is 270 g/mol. The Balaban J connectivity index is 3.18. The Kier molecular flexibility index (Phi) is 5.74. The number of hydrogen-bond acceptors (Lipinski definition) is 5. The van der Waals surface area contributed by atoms with Gasteiger partial charge in [0, 0.05) is 18.2 Å². The van der Waals surface area contributed by atoms with Crippen molar-refractivity contribution in [3.63, 3.8) is 0 Å². The summed E-state index contributed by atoms with van der Waals surface area (Å²) in [5, 5.41) is 7.34.